The Balaban J connectivity index is 2.51. The van der Waals surface area contributed by atoms with Crippen molar-refractivity contribution in [3.63, 3.8) is 0 Å². The summed E-state index contributed by atoms with van der Waals surface area (Å²) < 4.78 is 5.18. The van der Waals surface area contributed by atoms with Gasteiger partial charge in [0.05, 0.1) is 26.4 Å². The van der Waals surface area contributed by atoms with Crippen molar-refractivity contribution in [3.05, 3.63) is 23.2 Å². The predicted octanol–water partition coefficient (Wildman–Crippen LogP) is -0.214. The number of rotatable bonds is 10. The van der Waals surface area contributed by atoms with Crippen LogP contribution in [0.1, 0.15) is 13.3 Å². The molecule has 0 heterocycles. The Morgan fingerprint density at radius 1 is 1.22 bits per heavy atom. The number of benzene rings is 1. The molecule has 150 valence electrons. The topological polar surface area (TPSA) is 92.2 Å². The van der Waals surface area contributed by atoms with Crippen molar-refractivity contribution in [1.29, 1.82) is 0 Å². The summed E-state index contributed by atoms with van der Waals surface area (Å²) in [6.07, 6.45) is 0.860. The smallest absolute Gasteiger partial charge is 0.277 e. The summed E-state index contributed by atoms with van der Waals surface area (Å²) >= 11 is 5.94. The van der Waals surface area contributed by atoms with Crippen LogP contribution in [-0.4, -0.2) is 70.0 Å². The second-order valence-electron chi connectivity index (χ2n) is 6.30. The van der Waals surface area contributed by atoms with E-state index in [1.165, 1.54) is 12.0 Å². The van der Waals surface area contributed by atoms with Gasteiger partial charge in [0.2, 0.25) is 5.91 Å². The molecule has 1 unspecified atom stereocenters. The monoisotopic (exact) mass is 399 g/mol. The number of halogens is 1. The number of hydrogen-bond acceptors (Lipinski definition) is 4. The van der Waals surface area contributed by atoms with Gasteiger partial charge in [0.25, 0.3) is 11.8 Å². The molecule has 0 aromatic heterocycles. The van der Waals surface area contributed by atoms with Gasteiger partial charge in [-0.3, -0.25) is 14.4 Å². The van der Waals surface area contributed by atoms with Crippen LogP contribution in [0.2, 0.25) is 5.02 Å². The maximum absolute atomic E-state index is 12.3. The number of quaternary nitrogens is 1. The second kappa shape index (κ2) is 11.4. The first-order chi connectivity index (χ1) is 12.8. The Morgan fingerprint density at radius 3 is 2.56 bits per heavy atom. The van der Waals surface area contributed by atoms with Crippen LogP contribution < -0.4 is 20.3 Å². The van der Waals surface area contributed by atoms with E-state index >= 15 is 0 Å². The molecule has 0 radical (unpaired) electrons. The standard InChI is InChI=1S/C18H27ClN4O4/c1-5-8-20-16(24)10-22(2)12-18(26)23(3)11-17(25)21-14-9-13(19)6-7-15(14)27-4/h6-7,9H,5,8,10-12H2,1-4H3,(H,20,24)(H,21,25)/p+1. The number of nitrogens with one attached hydrogen (secondary N) is 3. The van der Waals surface area contributed by atoms with Crippen molar-refractivity contribution >= 4 is 35.0 Å². The van der Waals surface area contributed by atoms with Gasteiger partial charge < -0.3 is 25.2 Å². The molecular weight excluding hydrogens is 372 g/mol. The Hall–Kier alpha value is -2.32. The number of nitrogens with zero attached hydrogens (tertiary/aromatic N) is 1. The van der Waals surface area contributed by atoms with E-state index in [0.29, 0.717) is 23.0 Å². The fraction of sp³-hybridized carbons (Fsp3) is 0.500. The van der Waals surface area contributed by atoms with Gasteiger partial charge in [-0.25, -0.2) is 0 Å². The normalized spacial score (nSPS) is 11.4. The molecule has 0 saturated heterocycles. The van der Waals surface area contributed by atoms with Crippen LogP contribution in [0, 0.1) is 0 Å². The minimum absolute atomic E-state index is 0.101. The van der Waals surface area contributed by atoms with E-state index in [1.807, 2.05) is 6.92 Å². The summed E-state index contributed by atoms with van der Waals surface area (Å²) in [5.41, 5.74) is 0.436. The van der Waals surface area contributed by atoms with Crippen molar-refractivity contribution in [2.24, 2.45) is 0 Å². The molecule has 0 aliphatic rings. The number of likely N-dealkylation sites (N-methyl/N-ethyl adjacent to an activating group) is 2. The first kappa shape index (κ1) is 22.7. The highest BCUT2D eigenvalue weighted by Gasteiger charge is 2.19. The van der Waals surface area contributed by atoms with Crippen LogP contribution in [0.5, 0.6) is 5.75 Å². The zero-order valence-electron chi connectivity index (χ0n) is 16.2. The lowest BCUT2D eigenvalue weighted by molar-refractivity contribution is -0.862. The van der Waals surface area contributed by atoms with Gasteiger partial charge in [-0.15, -0.1) is 0 Å². The molecule has 0 spiro atoms. The number of amides is 3. The van der Waals surface area contributed by atoms with Crippen LogP contribution in [0.25, 0.3) is 0 Å². The molecule has 0 bridgehead atoms. The summed E-state index contributed by atoms with van der Waals surface area (Å²) in [5.74, 6) is -0.228. The highest BCUT2D eigenvalue weighted by atomic mass is 35.5. The van der Waals surface area contributed by atoms with Gasteiger partial charge in [-0.05, 0) is 24.6 Å². The van der Waals surface area contributed by atoms with E-state index in [2.05, 4.69) is 10.6 Å². The largest absolute Gasteiger partial charge is 0.495 e. The summed E-state index contributed by atoms with van der Waals surface area (Å²) in [6.45, 7) is 2.78. The number of hydrogen-bond donors (Lipinski definition) is 3. The zero-order chi connectivity index (χ0) is 20.4. The van der Waals surface area contributed by atoms with Gasteiger partial charge >= 0.3 is 0 Å². The van der Waals surface area contributed by atoms with Gasteiger partial charge in [-0.2, -0.15) is 0 Å². The summed E-state index contributed by atoms with van der Waals surface area (Å²) in [5, 5.41) is 5.91. The zero-order valence-corrected chi connectivity index (χ0v) is 17.0. The highest BCUT2D eigenvalue weighted by Crippen LogP contribution is 2.27. The van der Waals surface area contributed by atoms with Gasteiger partial charge in [0.1, 0.15) is 5.75 Å². The molecular formula is C18H28ClN4O4+. The van der Waals surface area contributed by atoms with Gasteiger partial charge in [0.15, 0.2) is 13.1 Å². The van der Waals surface area contributed by atoms with E-state index in [1.54, 1.807) is 32.3 Å². The Kier molecular flexibility index (Phi) is 9.60. The second-order valence-corrected chi connectivity index (χ2v) is 6.74. The van der Waals surface area contributed by atoms with Crippen LogP contribution in [0.15, 0.2) is 18.2 Å². The lowest BCUT2D eigenvalue weighted by Gasteiger charge is -2.20. The van der Waals surface area contributed by atoms with Crippen molar-refractivity contribution < 1.29 is 24.0 Å². The summed E-state index contributed by atoms with van der Waals surface area (Å²) in [7, 11) is 4.79. The molecule has 9 heteroatoms. The number of carbonyl (C=O) groups is 3. The van der Waals surface area contributed by atoms with Gasteiger partial charge in [0, 0.05) is 18.6 Å². The highest BCUT2D eigenvalue weighted by molar-refractivity contribution is 6.31. The van der Waals surface area contributed by atoms with Gasteiger partial charge in [-0.1, -0.05) is 18.5 Å². The summed E-state index contributed by atoms with van der Waals surface area (Å²) in [4.78, 5) is 38.2. The quantitative estimate of drug-likeness (QED) is 0.507. The molecule has 0 fully saturated rings. The average Bonchev–Trinajstić information content (AvgIpc) is 2.59. The lowest BCUT2D eigenvalue weighted by atomic mass is 10.3. The first-order valence-corrected chi connectivity index (χ1v) is 9.10. The lowest BCUT2D eigenvalue weighted by Crippen LogP contribution is -3.11. The maximum Gasteiger partial charge on any atom is 0.277 e. The van der Waals surface area contributed by atoms with Crippen molar-refractivity contribution in [2.45, 2.75) is 13.3 Å². The van der Waals surface area contributed by atoms with E-state index < -0.39 is 0 Å². The summed E-state index contributed by atoms with van der Waals surface area (Å²) in [6, 6.07) is 4.88. The molecule has 1 rings (SSSR count). The minimum atomic E-state index is -0.371. The van der Waals surface area contributed by atoms with E-state index in [-0.39, 0.29) is 37.4 Å². The predicted molar refractivity (Wildman–Crippen MR) is 104 cm³/mol. The van der Waals surface area contributed by atoms with Crippen molar-refractivity contribution in [1.82, 2.24) is 10.2 Å². The molecule has 27 heavy (non-hydrogen) atoms. The minimum Gasteiger partial charge on any atom is -0.495 e. The SMILES string of the molecule is CCCNC(=O)C[NH+](C)CC(=O)N(C)CC(=O)Nc1cc(Cl)ccc1OC. The molecule has 3 N–H and O–H groups in total. The first-order valence-electron chi connectivity index (χ1n) is 8.72. The van der Waals surface area contributed by atoms with Crippen molar-refractivity contribution in [2.75, 3.05) is 52.7 Å². The average molecular weight is 400 g/mol. The van der Waals surface area contributed by atoms with Crippen molar-refractivity contribution in [3.8, 4) is 5.75 Å². The third-order valence-electron chi connectivity index (χ3n) is 3.73. The van der Waals surface area contributed by atoms with E-state index in [4.69, 9.17) is 16.3 Å². The van der Waals surface area contributed by atoms with Crippen LogP contribution in [0.4, 0.5) is 5.69 Å². The van der Waals surface area contributed by atoms with E-state index in [9.17, 15) is 14.4 Å². The van der Waals surface area contributed by atoms with E-state index in [0.717, 1.165) is 11.3 Å². The molecule has 0 aliphatic carbocycles. The Labute approximate surface area is 164 Å². The number of methoxy groups -OCH3 is 1. The molecule has 1 aromatic rings. The van der Waals surface area contributed by atoms with Crippen LogP contribution in [0.3, 0.4) is 0 Å². The van der Waals surface area contributed by atoms with Crippen LogP contribution in [-0.2, 0) is 14.4 Å². The Bertz CT molecular complexity index is 669. The molecule has 1 aromatic carbocycles. The van der Waals surface area contributed by atoms with Crippen LogP contribution >= 0.6 is 11.6 Å². The molecule has 8 nitrogen and oxygen atoms in total. The molecule has 0 saturated carbocycles. The molecule has 0 aliphatic heterocycles. The number of anilines is 1. The number of ether oxygens (including phenoxy) is 1. The third-order valence-corrected chi connectivity index (χ3v) is 3.96. The maximum atomic E-state index is 12.3. The fourth-order valence-electron chi connectivity index (χ4n) is 2.33. The third kappa shape index (κ3) is 8.27. The number of carbonyl (C=O) groups excluding carboxylic acids is 3. The Morgan fingerprint density at radius 2 is 1.93 bits per heavy atom. The fourth-order valence-corrected chi connectivity index (χ4v) is 2.50. The molecule has 1 atom stereocenters. The molecule has 3 amide bonds.